The molecule has 0 amide bonds. The average Bonchev–Trinajstić information content (AvgIpc) is 2.86. The second-order valence-corrected chi connectivity index (χ2v) is 7.87. The van der Waals surface area contributed by atoms with E-state index in [0.717, 1.165) is 10.9 Å². The number of carbonyl (C=O) groups excluding carboxylic acids is 1. The Bertz CT molecular complexity index is 1350. The van der Waals surface area contributed by atoms with Gasteiger partial charge < -0.3 is 9.47 Å². The van der Waals surface area contributed by atoms with Crippen LogP contribution in [0.5, 0.6) is 11.5 Å². The minimum Gasteiger partial charge on any atom is -0.496 e. The smallest absolute Gasteiger partial charge is 0.233 e. The van der Waals surface area contributed by atoms with Crippen LogP contribution in [-0.2, 0) is 0 Å². The van der Waals surface area contributed by atoms with Gasteiger partial charge in [0.05, 0.1) is 23.9 Å². The number of fused-ring (bicyclic) bond motifs is 1. The first-order valence-electron chi connectivity index (χ1n) is 10.7. The number of benzene rings is 3. The molecular formula is C28H24N2O3. The summed E-state index contributed by atoms with van der Waals surface area (Å²) in [6.45, 7) is 4.46. The van der Waals surface area contributed by atoms with Crippen molar-refractivity contribution in [3.63, 3.8) is 0 Å². The van der Waals surface area contributed by atoms with E-state index in [1.165, 1.54) is 12.7 Å². The molecule has 0 bridgehead atoms. The molecule has 0 unspecified atom stereocenters. The molecule has 0 radical (unpaired) electrons. The Morgan fingerprint density at radius 2 is 1.79 bits per heavy atom. The zero-order valence-electron chi connectivity index (χ0n) is 18.8. The van der Waals surface area contributed by atoms with Crippen LogP contribution < -0.4 is 9.47 Å². The quantitative estimate of drug-likeness (QED) is 0.276. The van der Waals surface area contributed by atoms with Crippen LogP contribution in [0, 0.1) is 12.3 Å². The van der Waals surface area contributed by atoms with Crippen LogP contribution in [0.4, 0.5) is 0 Å². The van der Waals surface area contributed by atoms with Gasteiger partial charge in [-0.1, -0.05) is 56.2 Å². The Balaban J connectivity index is 1.89. The molecule has 164 valence electrons. The van der Waals surface area contributed by atoms with E-state index in [4.69, 9.17) is 20.9 Å². The zero-order chi connectivity index (χ0) is 23.4. The number of ether oxygens (including phenoxy) is 2. The number of aromatic nitrogens is 2. The highest BCUT2D eigenvalue weighted by molar-refractivity contribution is 6.10. The van der Waals surface area contributed by atoms with Gasteiger partial charge >= 0.3 is 0 Å². The van der Waals surface area contributed by atoms with Crippen LogP contribution in [0.15, 0.2) is 66.7 Å². The Labute approximate surface area is 193 Å². The first-order valence-corrected chi connectivity index (χ1v) is 10.7. The molecule has 5 heteroatoms. The third kappa shape index (κ3) is 4.56. The summed E-state index contributed by atoms with van der Waals surface area (Å²) in [6, 6.07) is 20.7. The van der Waals surface area contributed by atoms with Gasteiger partial charge in [-0.05, 0) is 41.8 Å². The number of hydrogen-bond acceptors (Lipinski definition) is 5. The van der Waals surface area contributed by atoms with Gasteiger partial charge in [-0.2, -0.15) is 0 Å². The van der Waals surface area contributed by atoms with Gasteiger partial charge in [-0.25, -0.2) is 9.97 Å². The molecule has 0 aliphatic carbocycles. The molecule has 5 nitrogen and oxygen atoms in total. The molecule has 0 N–H and O–H groups in total. The Morgan fingerprint density at radius 3 is 2.48 bits per heavy atom. The summed E-state index contributed by atoms with van der Waals surface area (Å²) in [5.41, 5.74) is 3.81. The normalized spacial score (nSPS) is 10.8. The van der Waals surface area contributed by atoms with E-state index < -0.39 is 0 Å². The number of nitrogens with zero attached hydrogens (tertiary/aromatic N) is 2. The molecule has 0 aliphatic rings. The van der Waals surface area contributed by atoms with Crippen molar-refractivity contribution in [1.29, 1.82) is 0 Å². The summed E-state index contributed by atoms with van der Waals surface area (Å²) < 4.78 is 11.0. The first kappa shape index (κ1) is 22.0. The molecule has 0 saturated heterocycles. The molecule has 0 spiro atoms. The average molecular weight is 437 g/mol. The number of carbonyl (C=O) groups is 1. The van der Waals surface area contributed by atoms with Crippen molar-refractivity contribution in [2.45, 2.75) is 19.8 Å². The van der Waals surface area contributed by atoms with Gasteiger partial charge in [0, 0.05) is 10.9 Å². The summed E-state index contributed by atoms with van der Waals surface area (Å²) in [5, 5.41) is 0.776. The van der Waals surface area contributed by atoms with Crippen molar-refractivity contribution in [2.24, 2.45) is 0 Å². The molecule has 1 heterocycles. The molecular weight excluding hydrogens is 412 g/mol. The third-order valence-corrected chi connectivity index (χ3v) is 5.39. The lowest BCUT2D eigenvalue weighted by atomic mass is 9.99. The predicted molar refractivity (Wildman–Crippen MR) is 130 cm³/mol. The summed E-state index contributed by atoms with van der Waals surface area (Å²) in [5.74, 6) is 3.78. The van der Waals surface area contributed by atoms with Gasteiger partial charge in [0.1, 0.15) is 18.1 Å². The number of hydrogen-bond donors (Lipinski definition) is 0. The van der Waals surface area contributed by atoms with E-state index in [2.05, 4.69) is 36.9 Å². The molecule has 33 heavy (non-hydrogen) atoms. The number of ketones is 1. The first-order chi connectivity index (χ1) is 16.0. The summed E-state index contributed by atoms with van der Waals surface area (Å²) in [4.78, 5) is 22.6. The molecule has 4 rings (SSSR count). The van der Waals surface area contributed by atoms with Crippen molar-refractivity contribution >= 4 is 16.7 Å². The van der Waals surface area contributed by atoms with E-state index in [1.807, 2.05) is 30.3 Å². The minimum absolute atomic E-state index is 0.104. The number of terminal acetylenes is 1. The lowest BCUT2D eigenvalue weighted by Gasteiger charge is -2.12. The molecule has 0 saturated carbocycles. The fourth-order valence-corrected chi connectivity index (χ4v) is 3.62. The van der Waals surface area contributed by atoms with E-state index in [-0.39, 0.29) is 18.2 Å². The summed E-state index contributed by atoms with van der Waals surface area (Å²) in [6.07, 6.45) is 5.33. The van der Waals surface area contributed by atoms with Gasteiger partial charge in [-0.3, -0.25) is 4.79 Å². The second kappa shape index (κ2) is 9.54. The van der Waals surface area contributed by atoms with Crippen LogP contribution in [0.1, 0.15) is 41.5 Å². The summed E-state index contributed by atoms with van der Waals surface area (Å²) in [7, 11) is 1.53. The lowest BCUT2D eigenvalue weighted by Crippen LogP contribution is -2.10. The van der Waals surface area contributed by atoms with Crippen LogP contribution >= 0.6 is 0 Å². The van der Waals surface area contributed by atoms with Gasteiger partial charge in [-0.15, -0.1) is 6.42 Å². The monoisotopic (exact) mass is 436 g/mol. The fourth-order valence-electron chi connectivity index (χ4n) is 3.62. The molecule has 4 aromatic rings. The number of para-hydroxylation sites is 1. The lowest BCUT2D eigenvalue weighted by molar-refractivity contribution is 0.102. The number of methoxy groups -OCH3 is 1. The van der Waals surface area contributed by atoms with Crippen molar-refractivity contribution in [1.82, 2.24) is 9.97 Å². The highest BCUT2D eigenvalue weighted by Crippen LogP contribution is 2.31. The van der Waals surface area contributed by atoms with E-state index >= 15 is 0 Å². The maximum Gasteiger partial charge on any atom is 0.233 e. The molecule has 0 atom stereocenters. The number of rotatable bonds is 7. The van der Waals surface area contributed by atoms with Crippen molar-refractivity contribution in [3.05, 3.63) is 83.7 Å². The highest BCUT2D eigenvalue weighted by atomic mass is 16.5. The van der Waals surface area contributed by atoms with Crippen LogP contribution in [0.3, 0.4) is 0 Å². The van der Waals surface area contributed by atoms with Gasteiger partial charge in [0.25, 0.3) is 0 Å². The maximum absolute atomic E-state index is 13.4. The second-order valence-electron chi connectivity index (χ2n) is 7.87. The van der Waals surface area contributed by atoms with E-state index in [0.29, 0.717) is 34.2 Å². The molecule has 0 aliphatic heterocycles. The Hall–Kier alpha value is -4.17. The summed E-state index contributed by atoms with van der Waals surface area (Å²) >= 11 is 0. The van der Waals surface area contributed by atoms with Crippen molar-refractivity contribution in [3.8, 4) is 35.1 Å². The molecule has 3 aromatic carbocycles. The highest BCUT2D eigenvalue weighted by Gasteiger charge is 2.20. The van der Waals surface area contributed by atoms with Gasteiger partial charge in [0.2, 0.25) is 11.6 Å². The predicted octanol–water partition coefficient (Wildman–Crippen LogP) is 5.67. The largest absolute Gasteiger partial charge is 0.496 e. The maximum atomic E-state index is 13.4. The third-order valence-electron chi connectivity index (χ3n) is 5.39. The van der Waals surface area contributed by atoms with E-state index in [9.17, 15) is 4.79 Å². The van der Waals surface area contributed by atoms with Crippen LogP contribution in [-0.4, -0.2) is 29.5 Å². The SMILES string of the molecule is C#CCOc1ccc2nc(C(=O)c3ccccc3OC)nc(-c3ccc(C(C)C)cc3)c2c1. The van der Waals surface area contributed by atoms with Crippen LogP contribution in [0.2, 0.25) is 0 Å². The van der Waals surface area contributed by atoms with Crippen molar-refractivity contribution in [2.75, 3.05) is 13.7 Å². The van der Waals surface area contributed by atoms with Crippen molar-refractivity contribution < 1.29 is 14.3 Å². The Kier molecular flexibility index (Phi) is 6.37. The molecule has 0 fully saturated rings. The Morgan fingerprint density at radius 1 is 1.03 bits per heavy atom. The van der Waals surface area contributed by atoms with Gasteiger partial charge in [0.15, 0.2) is 0 Å². The zero-order valence-corrected chi connectivity index (χ0v) is 18.8. The minimum atomic E-state index is -0.304. The van der Waals surface area contributed by atoms with E-state index in [1.54, 1.807) is 24.3 Å². The topological polar surface area (TPSA) is 61.3 Å². The van der Waals surface area contributed by atoms with Crippen LogP contribution in [0.25, 0.3) is 22.2 Å². The standard InChI is InChI=1S/C28H24N2O3/c1-5-16-33-21-14-15-24-23(17-21)26(20-12-10-19(11-13-20)18(2)3)30-28(29-24)27(31)22-8-6-7-9-25(22)32-4/h1,6-15,17-18H,16H2,2-4H3. The molecule has 1 aromatic heterocycles. The fraction of sp³-hybridized carbons (Fsp3) is 0.179.